The molecule has 0 spiro atoms. The topological polar surface area (TPSA) is 74.3 Å². The zero-order chi connectivity index (χ0) is 12.8. The average molecular weight is 290 g/mol. The minimum Gasteiger partial charge on any atom is -0.314 e. The molecule has 18 heavy (non-hydrogen) atoms. The minimum absolute atomic E-state index is 0.150. The lowest BCUT2D eigenvalue weighted by atomic mass is 10.4. The molecule has 0 aromatic carbocycles. The summed E-state index contributed by atoms with van der Waals surface area (Å²) in [5, 5.41) is 5.09. The Bertz CT molecular complexity index is 440. The second-order valence-corrected chi connectivity index (χ2v) is 6.86. The molecule has 1 aliphatic heterocycles. The van der Waals surface area contributed by atoms with Crippen molar-refractivity contribution in [1.82, 2.24) is 19.9 Å². The number of piperazine rings is 1. The van der Waals surface area contributed by atoms with Crippen LogP contribution in [0.4, 0.5) is 0 Å². The fourth-order valence-electron chi connectivity index (χ4n) is 1.76. The predicted octanol–water partition coefficient (Wildman–Crippen LogP) is -0.532. The summed E-state index contributed by atoms with van der Waals surface area (Å²) in [5.74, 6) is 0.150. The van der Waals surface area contributed by atoms with E-state index in [4.69, 9.17) is 0 Å². The molecule has 0 radical (unpaired) electrons. The van der Waals surface area contributed by atoms with E-state index in [1.807, 2.05) is 5.38 Å². The summed E-state index contributed by atoms with van der Waals surface area (Å²) < 4.78 is 26.2. The van der Waals surface area contributed by atoms with E-state index in [1.54, 1.807) is 5.51 Å². The van der Waals surface area contributed by atoms with Crippen LogP contribution in [0.25, 0.3) is 0 Å². The van der Waals surface area contributed by atoms with Crippen molar-refractivity contribution >= 4 is 21.4 Å². The average Bonchev–Trinajstić information content (AvgIpc) is 2.89. The first-order valence-corrected chi connectivity index (χ1v) is 8.53. The van der Waals surface area contributed by atoms with Crippen LogP contribution in [0, 0.1) is 0 Å². The Labute approximate surface area is 111 Å². The number of hydrogen-bond acceptors (Lipinski definition) is 6. The van der Waals surface area contributed by atoms with E-state index in [0.29, 0.717) is 6.54 Å². The smallest absolute Gasteiger partial charge is 0.213 e. The second kappa shape index (κ2) is 6.58. The zero-order valence-electron chi connectivity index (χ0n) is 10.1. The van der Waals surface area contributed by atoms with Crippen LogP contribution in [0.1, 0.15) is 5.69 Å². The predicted molar refractivity (Wildman–Crippen MR) is 72.1 cm³/mol. The second-order valence-electron chi connectivity index (χ2n) is 4.21. The highest BCUT2D eigenvalue weighted by atomic mass is 32.2. The van der Waals surface area contributed by atoms with Crippen LogP contribution < -0.4 is 10.0 Å². The molecular weight excluding hydrogens is 272 g/mol. The summed E-state index contributed by atoms with van der Waals surface area (Å²) in [6, 6.07) is 0. The molecule has 0 saturated carbocycles. The Morgan fingerprint density at radius 2 is 2.22 bits per heavy atom. The highest BCUT2D eigenvalue weighted by Gasteiger charge is 2.15. The van der Waals surface area contributed by atoms with Crippen molar-refractivity contribution in [2.45, 2.75) is 6.54 Å². The molecular formula is C10H18N4O2S2. The van der Waals surface area contributed by atoms with Crippen molar-refractivity contribution in [2.75, 3.05) is 38.5 Å². The molecule has 0 amide bonds. The fraction of sp³-hybridized carbons (Fsp3) is 0.700. The van der Waals surface area contributed by atoms with E-state index in [-0.39, 0.29) is 12.3 Å². The number of thiazole rings is 1. The van der Waals surface area contributed by atoms with E-state index in [1.165, 1.54) is 11.3 Å². The first-order valence-electron chi connectivity index (χ1n) is 5.93. The van der Waals surface area contributed by atoms with Crippen molar-refractivity contribution in [3.8, 4) is 0 Å². The Morgan fingerprint density at radius 3 is 2.89 bits per heavy atom. The molecule has 102 valence electrons. The van der Waals surface area contributed by atoms with Gasteiger partial charge in [0.25, 0.3) is 0 Å². The van der Waals surface area contributed by atoms with E-state index in [0.717, 1.165) is 31.9 Å². The van der Waals surface area contributed by atoms with Gasteiger partial charge in [-0.15, -0.1) is 11.3 Å². The van der Waals surface area contributed by atoms with Crippen LogP contribution in [-0.2, 0) is 16.6 Å². The van der Waals surface area contributed by atoms with Crippen LogP contribution in [0.2, 0.25) is 0 Å². The van der Waals surface area contributed by atoms with Gasteiger partial charge in [-0.3, -0.25) is 4.90 Å². The summed E-state index contributed by atoms with van der Waals surface area (Å²) in [7, 11) is -3.20. The largest absolute Gasteiger partial charge is 0.314 e. The van der Waals surface area contributed by atoms with Crippen LogP contribution in [-0.4, -0.2) is 56.8 Å². The van der Waals surface area contributed by atoms with Gasteiger partial charge in [-0.05, 0) is 0 Å². The van der Waals surface area contributed by atoms with E-state index >= 15 is 0 Å². The van der Waals surface area contributed by atoms with Gasteiger partial charge in [0.1, 0.15) is 0 Å². The SMILES string of the molecule is O=S(=O)(CCN1CCNCC1)NCc1cscn1. The number of aromatic nitrogens is 1. The van der Waals surface area contributed by atoms with Crippen LogP contribution in [0.15, 0.2) is 10.9 Å². The first kappa shape index (κ1) is 13.9. The van der Waals surface area contributed by atoms with Gasteiger partial charge >= 0.3 is 0 Å². The molecule has 1 aromatic rings. The summed E-state index contributed by atoms with van der Waals surface area (Å²) in [6.45, 7) is 4.59. The van der Waals surface area contributed by atoms with Gasteiger partial charge in [-0.1, -0.05) is 0 Å². The maximum Gasteiger partial charge on any atom is 0.213 e. The van der Waals surface area contributed by atoms with Crippen molar-refractivity contribution in [1.29, 1.82) is 0 Å². The van der Waals surface area contributed by atoms with E-state index in [9.17, 15) is 8.42 Å². The van der Waals surface area contributed by atoms with E-state index < -0.39 is 10.0 Å². The molecule has 0 aliphatic carbocycles. The fourth-order valence-corrected chi connectivity index (χ4v) is 3.33. The van der Waals surface area contributed by atoms with E-state index in [2.05, 4.69) is 19.9 Å². The lowest BCUT2D eigenvalue weighted by molar-refractivity contribution is 0.253. The van der Waals surface area contributed by atoms with Crippen molar-refractivity contribution in [2.24, 2.45) is 0 Å². The summed E-state index contributed by atoms with van der Waals surface area (Å²) in [6.07, 6.45) is 0. The number of nitrogens with one attached hydrogen (secondary N) is 2. The number of rotatable bonds is 6. The molecule has 2 N–H and O–H groups in total. The lowest BCUT2D eigenvalue weighted by Crippen LogP contribution is -2.45. The molecule has 8 heteroatoms. The van der Waals surface area contributed by atoms with Gasteiger partial charge in [0.05, 0.1) is 23.5 Å². The third-order valence-corrected chi connectivity index (χ3v) is 4.78. The maximum absolute atomic E-state index is 11.8. The molecule has 2 rings (SSSR count). The van der Waals surface area contributed by atoms with Crippen LogP contribution >= 0.6 is 11.3 Å². The third kappa shape index (κ3) is 4.62. The van der Waals surface area contributed by atoms with Gasteiger partial charge in [0, 0.05) is 38.1 Å². The number of hydrogen-bond donors (Lipinski definition) is 2. The monoisotopic (exact) mass is 290 g/mol. The van der Waals surface area contributed by atoms with Crippen LogP contribution in [0.5, 0.6) is 0 Å². The molecule has 1 aliphatic rings. The van der Waals surface area contributed by atoms with Gasteiger partial charge in [0.15, 0.2) is 0 Å². The molecule has 6 nitrogen and oxygen atoms in total. The molecule has 0 atom stereocenters. The highest BCUT2D eigenvalue weighted by Crippen LogP contribution is 2.01. The molecule has 1 saturated heterocycles. The van der Waals surface area contributed by atoms with Crippen LogP contribution in [0.3, 0.4) is 0 Å². The number of nitrogens with zero attached hydrogens (tertiary/aromatic N) is 2. The van der Waals surface area contributed by atoms with Gasteiger partial charge < -0.3 is 5.32 Å². The van der Waals surface area contributed by atoms with Crippen molar-refractivity contribution in [3.05, 3.63) is 16.6 Å². The Balaban J connectivity index is 1.73. The quantitative estimate of drug-likeness (QED) is 0.736. The molecule has 0 bridgehead atoms. The van der Waals surface area contributed by atoms with Crippen molar-refractivity contribution < 1.29 is 8.42 Å². The normalized spacial score (nSPS) is 18.0. The van der Waals surface area contributed by atoms with Gasteiger partial charge in [-0.2, -0.15) is 0 Å². The van der Waals surface area contributed by atoms with Gasteiger partial charge in [-0.25, -0.2) is 18.1 Å². The molecule has 2 heterocycles. The Hall–Kier alpha value is -0.540. The number of sulfonamides is 1. The first-order chi connectivity index (χ1) is 8.66. The third-order valence-electron chi connectivity index (χ3n) is 2.84. The zero-order valence-corrected chi connectivity index (χ0v) is 11.8. The molecule has 1 fully saturated rings. The standard InChI is InChI=1S/C10H18N4O2S2/c15-18(16,13-7-10-8-17-9-12-10)6-5-14-3-1-11-2-4-14/h8-9,11,13H,1-7H2. The molecule has 1 aromatic heterocycles. The minimum atomic E-state index is -3.20. The lowest BCUT2D eigenvalue weighted by Gasteiger charge is -2.26. The van der Waals surface area contributed by atoms with Crippen molar-refractivity contribution in [3.63, 3.8) is 0 Å². The molecule has 0 unspecified atom stereocenters. The Morgan fingerprint density at radius 1 is 1.44 bits per heavy atom. The van der Waals surface area contributed by atoms with Gasteiger partial charge in [0.2, 0.25) is 10.0 Å². The maximum atomic E-state index is 11.8. The Kier molecular flexibility index (Phi) is 5.07. The highest BCUT2D eigenvalue weighted by molar-refractivity contribution is 7.89. The summed E-state index contributed by atoms with van der Waals surface area (Å²) >= 11 is 1.47. The summed E-state index contributed by atoms with van der Waals surface area (Å²) in [4.78, 5) is 6.21. The summed E-state index contributed by atoms with van der Waals surface area (Å²) in [5.41, 5.74) is 2.47.